The van der Waals surface area contributed by atoms with Crippen LogP contribution in [0.15, 0.2) is 47.6 Å². The zero-order valence-corrected chi connectivity index (χ0v) is 43.3. The maximum atomic E-state index is 14.5. The van der Waals surface area contributed by atoms with E-state index in [2.05, 4.69) is 0 Å². The van der Waals surface area contributed by atoms with Crippen LogP contribution in [-0.2, 0) is 57.2 Å². The summed E-state index contributed by atoms with van der Waals surface area (Å²) in [6, 6.07) is -1.23. The molecule has 398 valence electrons. The Morgan fingerprint density at radius 3 is 2.27 bits per heavy atom. The molecule has 1 amide bonds. The summed E-state index contributed by atoms with van der Waals surface area (Å²) in [7, 11) is 2.90. The minimum atomic E-state index is -2.48. The summed E-state index contributed by atoms with van der Waals surface area (Å²) in [6.45, 7) is 12.4. The van der Waals surface area contributed by atoms with Gasteiger partial charge in [0.2, 0.25) is 5.79 Å². The number of Topliss-reactive ketones (excluding diaryl/α,β-unsaturated/α-hetero) is 3. The first-order valence-electron chi connectivity index (χ1n) is 25.6. The second kappa shape index (κ2) is 27.6. The van der Waals surface area contributed by atoms with E-state index in [1.165, 1.54) is 7.11 Å². The van der Waals surface area contributed by atoms with Crippen LogP contribution in [0.25, 0.3) is 0 Å². The van der Waals surface area contributed by atoms with Crippen molar-refractivity contribution < 1.29 is 77.7 Å². The van der Waals surface area contributed by atoms with E-state index in [1.807, 2.05) is 44.2 Å². The first-order chi connectivity index (χ1) is 33.5. The van der Waals surface area contributed by atoms with Crippen LogP contribution in [0.2, 0.25) is 0 Å². The van der Waals surface area contributed by atoms with Gasteiger partial charge < -0.3 is 49.0 Å². The number of fused-ring (bicyclic) bond motifs is 3. The van der Waals surface area contributed by atoms with Gasteiger partial charge in [0.05, 0.1) is 31.2 Å². The lowest BCUT2D eigenvalue weighted by atomic mass is 9.78. The Morgan fingerprint density at radius 1 is 0.873 bits per heavy atom. The van der Waals surface area contributed by atoms with E-state index in [-0.39, 0.29) is 68.5 Å². The van der Waals surface area contributed by atoms with Gasteiger partial charge in [-0.2, -0.15) is 0 Å². The molecule has 2 saturated heterocycles. The highest BCUT2D eigenvalue weighted by Gasteiger charge is 2.53. The van der Waals surface area contributed by atoms with E-state index < -0.39 is 114 Å². The number of allylic oxidation sites excluding steroid dienone is 6. The van der Waals surface area contributed by atoms with Gasteiger partial charge in [-0.15, -0.1) is 0 Å². The molecule has 0 radical (unpaired) electrons. The fourth-order valence-corrected chi connectivity index (χ4v) is 10.4. The van der Waals surface area contributed by atoms with Crippen LogP contribution in [0.3, 0.4) is 0 Å². The molecule has 17 heteroatoms. The standard InChI is InChI=1S/C54H81NO16/c1-31-15-11-10-12-16-32(2)43(67-8)29-39-20-18-37(7)54(66,71-39)51(63)52(64)55-24-14-13-17-40(55)53(65)70-44(30-42(57)33(3)26-36(6)49(62)50(68-9)48(61)35(5)25-31)34(4)27-38-19-21-41(56)45(28-38)69-47(60)23-22-46(58)59/h10-12,15-16,26,31,33-35,37-41,43-45,49-50,56,62,66H,13-14,17-25,27-30H2,1-9H3,(H,58,59)/b12-10+,15-11+,32-16+,36-26+/t31-,33-,34-,35-,37-,38-,39+,40+,41-,43+,44+,45-,49-,50+,54-/m1/s1. The fraction of sp³-hybridized carbons (Fsp3) is 0.722. The van der Waals surface area contributed by atoms with Crippen molar-refractivity contribution in [3.63, 3.8) is 0 Å². The molecule has 4 aliphatic rings. The van der Waals surface area contributed by atoms with Crippen molar-refractivity contribution >= 4 is 41.2 Å². The lowest BCUT2D eigenvalue weighted by molar-refractivity contribution is -0.265. The number of cyclic esters (lactones) is 1. The molecule has 3 fully saturated rings. The van der Waals surface area contributed by atoms with Gasteiger partial charge in [-0.05, 0) is 107 Å². The molecule has 0 unspecified atom stereocenters. The molecular formula is C54H81NO16. The van der Waals surface area contributed by atoms with Crippen LogP contribution >= 0.6 is 0 Å². The largest absolute Gasteiger partial charge is 0.481 e. The Labute approximate surface area is 419 Å². The Kier molecular flexibility index (Phi) is 23.0. The molecule has 0 aromatic heterocycles. The maximum Gasteiger partial charge on any atom is 0.329 e. The number of aliphatic hydroxyl groups excluding tert-OH is 2. The van der Waals surface area contributed by atoms with Crippen LogP contribution in [0.1, 0.15) is 138 Å². The van der Waals surface area contributed by atoms with Crippen molar-refractivity contribution in [2.75, 3.05) is 20.8 Å². The third-order valence-electron chi connectivity index (χ3n) is 15.0. The highest BCUT2D eigenvalue weighted by atomic mass is 16.6. The van der Waals surface area contributed by atoms with E-state index in [4.69, 9.17) is 28.8 Å². The van der Waals surface area contributed by atoms with Gasteiger partial charge >= 0.3 is 17.9 Å². The van der Waals surface area contributed by atoms with Crippen molar-refractivity contribution in [1.29, 1.82) is 0 Å². The number of hydrogen-bond donors (Lipinski definition) is 4. The molecule has 1 aliphatic carbocycles. The summed E-state index contributed by atoms with van der Waals surface area (Å²) in [5.74, 6) is -10.9. The molecule has 2 bridgehead atoms. The fourth-order valence-electron chi connectivity index (χ4n) is 10.4. The Balaban J connectivity index is 1.69. The van der Waals surface area contributed by atoms with Gasteiger partial charge in [0.1, 0.15) is 36.2 Å². The number of hydrogen-bond acceptors (Lipinski definition) is 15. The van der Waals surface area contributed by atoms with E-state index >= 15 is 0 Å². The van der Waals surface area contributed by atoms with Gasteiger partial charge in [-0.1, -0.05) is 71.1 Å². The summed E-state index contributed by atoms with van der Waals surface area (Å²) in [4.78, 5) is 95.6. The number of ether oxygens (including phenoxy) is 5. The Bertz CT molecular complexity index is 1990. The first kappa shape index (κ1) is 59.2. The number of nitrogens with zero attached hydrogens (tertiary/aromatic N) is 1. The topological polar surface area (TPSA) is 250 Å². The number of carbonyl (C=O) groups is 7. The quantitative estimate of drug-likeness (QED) is 0.118. The van der Waals surface area contributed by atoms with Gasteiger partial charge in [0.15, 0.2) is 5.78 Å². The second-order valence-corrected chi connectivity index (χ2v) is 20.7. The van der Waals surface area contributed by atoms with Crippen LogP contribution in [-0.4, -0.2) is 142 Å². The lowest BCUT2D eigenvalue weighted by Gasteiger charge is -2.42. The van der Waals surface area contributed by atoms with E-state index in [9.17, 15) is 48.9 Å². The predicted molar refractivity (Wildman–Crippen MR) is 261 cm³/mol. The summed E-state index contributed by atoms with van der Waals surface area (Å²) in [5.41, 5.74) is 1.18. The number of methoxy groups -OCH3 is 2. The molecule has 15 atom stereocenters. The van der Waals surface area contributed by atoms with Crippen molar-refractivity contribution in [3.8, 4) is 0 Å². The number of carboxylic acids is 1. The molecule has 1 saturated carbocycles. The lowest BCUT2D eigenvalue weighted by Crippen LogP contribution is -2.61. The van der Waals surface area contributed by atoms with Crippen LogP contribution in [0.4, 0.5) is 0 Å². The van der Waals surface area contributed by atoms with Gasteiger partial charge in [0.25, 0.3) is 11.7 Å². The average Bonchev–Trinajstić information content (AvgIpc) is 3.33. The molecule has 0 aromatic rings. The number of carboxylic acid groups (broad SMARTS) is 1. The monoisotopic (exact) mass is 1000 g/mol. The summed E-state index contributed by atoms with van der Waals surface area (Å²) < 4.78 is 29.3. The van der Waals surface area contributed by atoms with Crippen LogP contribution in [0, 0.1) is 35.5 Å². The number of esters is 2. The molecule has 0 spiro atoms. The number of aliphatic hydroxyl groups is 3. The molecular weight excluding hydrogens is 919 g/mol. The SMILES string of the molecule is CO[C@H]1C[C@@H]2CC[C@@H](C)[C@@](O)(O2)C(=O)C(=O)N2CCCC[C@H]2C(=O)O[C@H]([C@H](C)C[C@H]2CC[C@@H](O)[C@H](OC(=O)CCC(=O)O)C2)CC(=O)[C@H](C)/C=C(\C)[C@@H](O)[C@@H](OC)C(=O)[C@H](C)C[C@H](C)/C=C/C=C/C=C/1C. The smallest absolute Gasteiger partial charge is 0.329 e. The normalized spacial score (nSPS) is 37.8. The van der Waals surface area contributed by atoms with Crippen molar-refractivity contribution in [3.05, 3.63) is 47.6 Å². The minimum absolute atomic E-state index is 0.0149. The van der Waals surface area contributed by atoms with Crippen molar-refractivity contribution in [2.24, 2.45) is 35.5 Å². The predicted octanol–water partition coefficient (Wildman–Crippen LogP) is 5.94. The van der Waals surface area contributed by atoms with E-state index in [0.29, 0.717) is 50.5 Å². The van der Waals surface area contributed by atoms with Gasteiger partial charge in [-0.25, -0.2) is 4.79 Å². The first-order valence-corrected chi connectivity index (χ1v) is 25.6. The van der Waals surface area contributed by atoms with Gasteiger partial charge in [0, 0.05) is 51.4 Å². The van der Waals surface area contributed by atoms with E-state index in [1.54, 1.807) is 47.8 Å². The third kappa shape index (κ3) is 16.6. The molecule has 4 rings (SSSR count). The van der Waals surface area contributed by atoms with Crippen molar-refractivity contribution in [2.45, 2.75) is 193 Å². The number of aliphatic carboxylic acids is 1. The number of amides is 1. The van der Waals surface area contributed by atoms with Crippen LogP contribution < -0.4 is 0 Å². The van der Waals surface area contributed by atoms with Gasteiger partial charge in [-0.3, -0.25) is 28.8 Å². The molecule has 71 heavy (non-hydrogen) atoms. The third-order valence-corrected chi connectivity index (χ3v) is 15.0. The number of carbonyl (C=O) groups excluding carboxylic acids is 6. The zero-order valence-electron chi connectivity index (χ0n) is 43.3. The number of piperidine rings is 1. The highest BCUT2D eigenvalue weighted by Crippen LogP contribution is 2.38. The van der Waals surface area contributed by atoms with Crippen LogP contribution in [0.5, 0.6) is 0 Å². The molecule has 3 heterocycles. The Morgan fingerprint density at radius 2 is 1.59 bits per heavy atom. The summed E-state index contributed by atoms with van der Waals surface area (Å²) in [6.07, 6.45) is 7.50. The summed E-state index contributed by atoms with van der Waals surface area (Å²) in [5, 5.41) is 43.2. The number of rotatable bonds is 9. The minimum Gasteiger partial charge on any atom is -0.481 e. The molecule has 17 nitrogen and oxygen atoms in total. The maximum absolute atomic E-state index is 14.5. The number of ketones is 3. The average molecular weight is 1000 g/mol. The molecule has 3 aliphatic heterocycles. The molecule has 0 aromatic carbocycles. The summed E-state index contributed by atoms with van der Waals surface area (Å²) >= 11 is 0. The zero-order chi connectivity index (χ0) is 52.7. The second-order valence-electron chi connectivity index (χ2n) is 20.7. The highest BCUT2D eigenvalue weighted by molar-refractivity contribution is 6.39. The molecule has 4 N–H and O–H groups in total. The van der Waals surface area contributed by atoms with Crippen molar-refractivity contribution in [1.82, 2.24) is 4.90 Å². The Hall–Kier alpha value is -4.39. The van der Waals surface area contributed by atoms with E-state index in [0.717, 1.165) is 10.5 Å².